The lowest BCUT2D eigenvalue weighted by Gasteiger charge is -2.35. The van der Waals surface area contributed by atoms with Crippen LogP contribution in [0.5, 0.6) is 0 Å². The number of anilines is 2. The summed E-state index contributed by atoms with van der Waals surface area (Å²) in [6, 6.07) is 12.4. The summed E-state index contributed by atoms with van der Waals surface area (Å²) in [4.78, 5) is 33.7. The molecule has 7 nitrogen and oxygen atoms in total. The van der Waals surface area contributed by atoms with Gasteiger partial charge in [-0.05, 0) is 51.5 Å². The molecule has 0 N–H and O–H groups in total. The molecule has 2 aromatic heterocycles. The number of pyridine rings is 1. The minimum atomic E-state index is -0.121. The second-order valence-corrected chi connectivity index (χ2v) is 7.94. The Morgan fingerprint density at radius 2 is 1.65 bits per heavy atom. The molecule has 0 unspecified atom stereocenters. The Balaban J connectivity index is 1.64. The van der Waals surface area contributed by atoms with Gasteiger partial charge in [0.25, 0.3) is 5.91 Å². The first-order valence-corrected chi connectivity index (χ1v) is 11.0. The van der Waals surface area contributed by atoms with Crippen LogP contribution in [-0.2, 0) is 0 Å². The number of aromatic nitrogens is 3. The number of nitrogens with zero attached hydrogens (tertiary/aromatic N) is 6. The van der Waals surface area contributed by atoms with Crippen molar-refractivity contribution in [2.75, 3.05) is 49.1 Å². The zero-order valence-electron chi connectivity index (χ0n) is 18.8. The van der Waals surface area contributed by atoms with E-state index in [0.29, 0.717) is 18.7 Å². The molecule has 1 fully saturated rings. The third-order valence-corrected chi connectivity index (χ3v) is 5.92. The van der Waals surface area contributed by atoms with E-state index in [4.69, 9.17) is 4.98 Å². The van der Waals surface area contributed by atoms with Gasteiger partial charge >= 0.3 is 0 Å². The van der Waals surface area contributed by atoms with E-state index in [0.717, 1.165) is 48.6 Å². The SMILES string of the molecule is CCN(CC)c1nc(C(=O)N2CCN(c3ccccc3)CC2)nc2nc(C)cc(C)c12. The normalized spacial score (nSPS) is 14.2. The monoisotopic (exact) mass is 418 g/mol. The number of amides is 1. The topological polar surface area (TPSA) is 65.5 Å². The van der Waals surface area contributed by atoms with Gasteiger partial charge in [0.05, 0.1) is 5.39 Å². The summed E-state index contributed by atoms with van der Waals surface area (Å²) < 4.78 is 0. The maximum atomic E-state index is 13.3. The molecule has 162 valence electrons. The van der Waals surface area contributed by atoms with Gasteiger partial charge in [-0.3, -0.25) is 4.79 Å². The fourth-order valence-electron chi connectivity index (χ4n) is 4.25. The van der Waals surface area contributed by atoms with Crippen LogP contribution in [0.2, 0.25) is 0 Å². The zero-order valence-corrected chi connectivity index (χ0v) is 18.8. The predicted molar refractivity (Wildman–Crippen MR) is 125 cm³/mol. The number of carbonyl (C=O) groups is 1. The highest BCUT2D eigenvalue weighted by atomic mass is 16.2. The molecule has 0 bridgehead atoms. The Bertz CT molecular complexity index is 1070. The fourth-order valence-corrected chi connectivity index (χ4v) is 4.25. The van der Waals surface area contributed by atoms with Crippen LogP contribution in [0.3, 0.4) is 0 Å². The van der Waals surface area contributed by atoms with E-state index in [-0.39, 0.29) is 11.7 Å². The van der Waals surface area contributed by atoms with E-state index in [1.54, 1.807) is 0 Å². The molecule has 1 amide bonds. The van der Waals surface area contributed by atoms with E-state index in [1.165, 1.54) is 5.69 Å². The minimum absolute atomic E-state index is 0.121. The highest BCUT2D eigenvalue weighted by Gasteiger charge is 2.26. The Kier molecular flexibility index (Phi) is 6.02. The van der Waals surface area contributed by atoms with Crippen LogP contribution in [0.25, 0.3) is 11.0 Å². The molecule has 1 aliphatic rings. The first-order valence-electron chi connectivity index (χ1n) is 11.0. The smallest absolute Gasteiger partial charge is 0.291 e. The number of fused-ring (bicyclic) bond motifs is 1. The summed E-state index contributed by atoms with van der Waals surface area (Å²) in [6.45, 7) is 12.7. The fraction of sp³-hybridized carbons (Fsp3) is 0.417. The lowest BCUT2D eigenvalue weighted by atomic mass is 10.1. The Morgan fingerprint density at radius 1 is 0.968 bits per heavy atom. The number of hydrogen-bond donors (Lipinski definition) is 0. The second-order valence-electron chi connectivity index (χ2n) is 7.94. The number of carbonyl (C=O) groups excluding carboxylic acids is 1. The highest BCUT2D eigenvalue weighted by molar-refractivity contribution is 5.97. The van der Waals surface area contributed by atoms with E-state index in [9.17, 15) is 4.79 Å². The molecular formula is C24H30N6O. The standard InChI is InChI=1S/C24H30N6O/c1-5-28(6-2)23-20-17(3)16-18(4)25-21(20)26-22(27-23)24(31)30-14-12-29(13-15-30)19-10-8-7-9-11-19/h7-11,16H,5-6,12-15H2,1-4H3. The number of aryl methyl sites for hydroxylation is 2. The summed E-state index contributed by atoms with van der Waals surface area (Å²) in [6.07, 6.45) is 0. The lowest BCUT2D eigenvalue weighted by molar-refractivity contribution is 0.0735. The summed E-state index contributed by atoms with van der Waals surface area (Å²) in [5.41, 5.74) is 3.76. The van der Waals surface area contributed by atoms with Gasteiger partial charge in [0.2, 0.25) is 5.82 Å². The molecule has 3 aromatic rings. The first kappa shape index (κ1) is 21.0. The van der Waals surface area contributed by atoms with Gasteiger partial charge in [0, 0.05) is 50.6 Å². The summed E-state index contributed by atoms with van der Waals surface area (Å²) >= 11 is 0. The van der Waals surface area contributed by atoms with Crippen LogP contribution in [0, 0.1) is 13.8 Å². The van der Waals surface area contributed by atoms with Gasteiger partial charge in [0.1, 0.15) is 5.82 Å². The van der Waals surface area contributed by atoms with Crippen molar-refractivity contribution in [3.63, 3.8) is 0 Å². The predicted octanol–water partition coefficient (Wildman–Crippen LogP) is 3.45. The number of hydrogen-bond acceptors (Lipinski definition) is 6. The summed E-state index contributed by atoms with van der Waals surface area (Å²) in [7, 11) is 0. The Labute approximate surface area is 183 Å². The molecule has 31 heavy (non-hydrogen) atoms. The molecular weight excluding hydrogens is 388 g/mol. The van der Waals surface area contributed by atoms with Crippen LogP contribution in [-0.4, -0.2) is 65.0 Å². The molecule has 4 rings (SSSR count). The molecule has 0 aliphatic carbocycles. The number of rotatable bonds is 5. The first-order chi connectivity index (χ1) is 15.0. The second kappa shape index (κ2) is 8.88. The number of piperazine rings is 1. The van der Waals surface area contributed by atoms with Crippen molar-refractivity contribution < 1.29 is 4.79 Å². The third kappa shape index (κ3) is 4.17. The maximum absolute atomic E-state index is 13.3. The lowest BCUT2D eigenvalue weighted by Crippen LogP contribution is -2.49. The largest absolute Gasteiger partial charge is 0.368 e. The van der Waals surface area contributed by atoms with Crippen molar-refractivity contribution in [1.82, 2.24) is 19.9 Å². The molecule has 0 radical (unpaired) electrons. The van der Waals surface area contributed by atoms with Crippen molar-refractivity contribution in [2.24, 2.45) is 0 Å². The van der Waals surface area contributed by atoms with E-state index in [2.05, 4.69) is 52.7 Å². The number of para-hydroxylation sites is 1. The average Bonchev–Trinajstić information content (AvgIpc) is 2.79. The maximum Gasteiger partial charge on any atom is 0.291 e. The van der Waals surface area contributed by atoms with E-state index in [1.807, 2.05) is 36.1 Å². The Morgan fingerprint density at radius 3 is 2.29 bits per heavy atom. The van der Waals surface area contributed by atoms with Crippen molar-refractivity contribution in [3.05, 3.63) is 53.5 Å². The molecule has 1 saturated heterocycles. The summed E-state index contributed by atoms with van der Waals surface area (Å²) in [5, 5.41) is 0.930. The third-order valence-electron chi connectivity index (χ3n) is 5.92. The van der Waals surface area contributed by atoms with Gasteiger partial charge in [0.15, 0.2) is 5.65 Å². The van der Waals surface area contributed by atoms with Gasteiger partial charge in [-0.25, -0.2) is 15.0 Å². The molecule has 7 heteroatoms. The van der Waals surface area contributed by atoms with E-state index < -0.39 is 0 Å². The molecule has 3 heterocycles. The van der Waals surface area contributed by atoms with Crippen molar-refractivity contribution >= 4 is 28.4 Å². The van der Waals surface area contributed by atoms with Crippen LogP contribution < -0.4 is 9.80 Å². The van der Waals surface area contributed by atoms with Gasteiger partial charge in [-0.2, -0.15) is 0 Å². The van der Waals surface area contributed by atoms with Gasteiger partial charge in [-0.15, -0.1) is 0 Å². The highest BCUT2D eigenvalue weighted by Crippen LogP contribution is 2.27. The average molecular weight is 419 g/mol. The van der Waals surface area contributed by atoms with Crippen LogP contribution in [0.15, 0.2) is 36.4 Å². The van der Waals surface area contributed by atoms with Gasteiger partial charge in [-0.1, -0.05) is 18.2 Å². The molecule has 0 spiro atoms. The zero-order chi connectivity index (χ0) is 22.0. The van der Waals surface area contributed by atoms with Gasteiger partial charge < -0.3 is 14.7 Å². The molecule has 0 saturated carbocycles. The molecule has 1 aliphatic heterocycles. The van der Waals surface area contributed by atoms with E-state index >= 15 is 0 Å². The van der Waals surface area contributed by atoms with Crippen LogP contribution in [0.4, 0.5) is 11.5 Å². The molecule has 0 atom stereocenters. The quantitative estimate of drug-likeness (QED) is 0.632. The van der Waals surface area contributed by atoms with Crippen molar-refractivity contribution in [1.29, 1.82) is 0 Å². The minimum Gasteiger partial charge on any atom is -0.368 e. The van der Waals surface area contributed by atoms with Crippen LogP contribution in [0.1, 0.15) is 35.7 Å². The number of benzene rings is 1. The molecule has 1 aromatic carbocycles. The Hall–Kier alpha value is -3.22. The van der Waals surface area contributed by atoms with Crippen molar-refractivity contribution in [2.45, 2.75) is 27.7 Å². The van der Waals surface area contributed by atoms with Crippen LogP contribution >= 0.6 is 0 Å². The summed E-state index contributed by atoms with van der Waals surface area (Å²) in [5.74, 6) is 0.912. The van der Waals surface area contributed by atoms with Crippen molar-refractivity contribution in [3.8, 4) is 0 Å².